The lowest BCUT2D eigenvalue weighted by atomic mass is 9.80. The molecule has 1 aromatic heterocycles. The van der Waals surface area contributed by atoms with Gasteiger partial charge in [0.15, 0.2) is 5.01 Å². The number of hydrogen-bond acceptors (Lipinski definition) is 4. The van der Waals surface area contributed by atoms with Crippen molar-refractivity contribution < 1.29 is 4.79 Å². The lowest BCUT2D eigenvalue weighted by Crippen LogP contribution is -2.60. The topological polar surface area (TPSA) is 45.2 Å². The third kappa shape index (κ3) is 3.08. The van der Waals surface area contributed by atoms with E-state index in [0.29, 0.717) is 22.0 Å². The second-order valence-electron chi connectivity index (χ2n) is 6.75. The Morgan fingerprint density at radius 3 is 3.04 bits per heavy atom. The van der Waals surface area contributed by atoms with Gasteiger partial charge in [-0.3, -0.25) is 9.69 Å². The van der Waals surface area contributed by atoms with Gasteiger partial charge < -0.3 is 5.32 Å². The number of hydrogen-bond donors (Lipinski definition) is 1. The molecule has 24 heavy (non-hydrogen) atoms. The van der Waals surface area contributed by atoms with Gasteiger partial charge in [-0.25, -0.2) is 4.98 Å². The summed E-state index contributed by atoms with van der Waals surface area (Å²) in [7, 11) is 0. The number of aromatic nitrogens is 1. The van der Waals surface area contributed by atoms with E-state index in [1.807, 2.05) is 24.3 Å². The molecule has 4 atom stereocenters. The Labute approximate surface area is 150 Å². The summed E-state index contributed by atoms with van der Waals surface area (Å²) < 4.78 is 0. The van der Waals surface area contributed by atoms with Crippen molar-refractivity contribution in [1.82, 2.24) is 15.2 Å². The molecule has 1 aromatic carbocycles. The summed E-state index contributed by atoms with van der Waals surface area (Å²) in [4.78, 5) is 20.3. The summed E-state index contributed by atoms with van der Waals surface area (Å²) in [5.74, 6) is 0.543. The van der Waals surface area contributed by atoms with Crippen molar-refractivity contribution in [2.24, 2.45) is 5.92 Å². The maximum Gasteiger partial charge on any atom is 0.280 e. The van der Waals surface area contributed by atoms with Crippen molar-refractivity contribution >= 4 is 28.8 Å². The fraction of sp³-hybridized carbons (Fsp3) is 0.444. The van der Waals surface area contributed by atoms with Gasteiger partial charge in [-0.15, -0.1) is 11.3 Å². The van der Waals surface area contributed by atoms with Crippen LogP contribution in [-0.2, 0) is 0 Å². The fourth-order valence-electron chi connectivity index (χ4n) is 3.84. The zero-order chi connectivity index (χ0) is 16.7. The minimum atomic E-state index is -0.0559. The molecule has 1 amide bonds. The fourth-order valence-corrected chi connectivity index (χ4v) is 4.85. The number of carbonyl (C=O) groups excluding carboxylic acids is 1. The highest BCUT2D eigenvalue weighted by molar-refractivity contribution is 7.17. The van der Waals surface area contributed by atoms with E-state index in [1.165, 1.54) is 24.2 Å². The molecule has 1 N–H and O–H groups in total. The SMILES string of the molecule is CC1CC2CCN1C[C@@H]2NC(=O)c1ncc(-c2cccc(Cl)c2)s1. The number of carbonyl (C=O) groups is 1. The van der Waals surface area contributed by atoms with Crippen LogP contribution in [-0.4, -0.2) is 41.0 Å². The second-order valence-corrected chi connectivity index (χ2v) is 8.22. The monoisotopic (exact) mass is 361 g/mol. The number of halogens is 1. The molecule has 0 aliphatic carbocycles. The van der Waals surface area contributed by atoms with Gasteiger partial charge in [0.25, 0.3) is 5.91 Å². The van der Waals surface area contributed by atoms with E-state index in [2.05, 4.69) is 22.1 Å². The summed E-state index contributed by atoms with van der Waals surface area (Å²) in [6.45, 7) is 4.40. The minimum absolute atomic E-state index is 0.0559. The Morgan fingerprint density at radius 2 is 2.33 bits per heavy atom. The summed E-state index contributed by atoms with van der Waals surface area (Å²) in [6, 6.07) is 8.52. The van der Waals surface area contributed by atoms with Crippen LogP contribution in [0.5, 0.6) is 0 Å². The van der Waals surface area contributed by atoms with Crippen LogP contribution in [0.2, 0.25) is 5.02 Å². The largest absolute Gasteiger partial charge is 0.346 e. The molecule has 3 fully saturated rings. The van der Waals surface area contributed by atoms with Gasteiger partial charge in [-0.1, -0.05) is 23.7 Å². The molecule has 6 heteroatoms. The van der Waals surface area contributed by atoms with Gasteiger partial charge in [0, 0.05) is 29.8 Å². The maximum absolute atomic E-state index is 12.6. The molecular formula is C18H20ClN3OS. The number of thiazole rings is 1. The molecule has 126 valence electrons. The van der Waals surface area contributed by atoms with E-state index in [0.717, 1.165) is 23.5 Å². The Morgan fingerprint density at radius 1 is 1.46 bits per heavy atom. The number of rotatable bonds is 3. The molecule has 0 radical (unpaired) electrons. The van der Waals surface area contributed by atoms with Crippen molar-refractivity contribution in [2.75, 3.05) is 13.1 Å². The Balaban J connectivity index is 1.46. The summed E-state index contributed by atoms with van der Waals surface area (Å²) in [5.41, 5.74) is 0.996. The molecule has 3 saturated heterocycles. The third-order valence-corrected chi connectivity index (χ3v) is 6.46. The Hall–Kier alpha value is -1.43. The maximum atomic E-state index is 12.6. The molecule has 3 unspecified atom stereocenters. The van der Waals surface area contributed by atoms with Crippen molar-refractivity contribution in [2.45, 2.75) is 31.8 Å². The molecule has 2 aromatic rings. The Bertz CT molecular complexity index is 762. The number of nitrogens with zero attached hydrogens (tertiary/aromatic N) is 2. The highest BCUT2D eigenvalue weighted by Gasteiger charge is 2.39. The summed E-state index contributed by atoms with van der Waals surface area (Å²) in [6.07, 6.45) is 4.11. The van der Waals surface area contributed by atoms with Crippen molar-refractivity contribution in [3.8, 4) is 10.4 Å². The number of nitrogens with one attached hydrogen (secondary N) is 1. The van der Waals surface area contributed by atoms with E-state index < -0.39 is 0 Å². The molecule has 2 bridgehead atoms. The van der Waals surface area contributed by atoms with Crippen molar-refractivity contribution in [1.29, 1.82) is 0 Å². The van der Waals surface area contributed by atoms with E-state index in [1.54, 1.807) is 6.20 Å². The standard InChI is InChI=1S/C18H20ClN3OS/c1-11-7-12-5-6-22(11)10-15(12)21-17(23)18-20-9-16(24-18)13-3-2-4-14(19)8-13/h2-4,8-9,11-12,15H,5-7,10H2,1H3,(H,21,23)/t11?,12?,15-/m0/s1. The van der Waals surface area contributed by atoms with Gasteiger partial charge in [0.2, 0.25) is 0 Å². The number of amides is 1. The van der Waals surface area contributed by atoms with Crippen LogP contribution >= 0.6 is 22.9 Å². The van der Waals surface area contributed by atoms with E-state index in [9.17, 15) is 4.79 Å². The molecule has 3 aliphatic heterocycles. The van der Waals surface area contributed by atoms with Crippen molar-refractivity contribution in [3.05, 3.63) is 40.5 Å². The first-order valence-electron chi connectivity index (χ1n) is 8.37. The predicted octanol–water partition coefficient (Wildman–Crippen LogP) is 3.68. The first-order chi connectivity index (χ1) is 11.6. The normalized spacial score (nSPS) is 28.8. The van der Waals surface area contributed by atoms with Gasteiger partial charge in [-0.05, 0) is 49.9 Å². The Kier molecular flexibility index (Phi) is 4.33. The van der Waals surface area contributed by atoms with Crippen LogP contribution < -0.4 is 5.32 Å². The lowest BCUT2D eigenvalue weighted by molar-refractivity contribution is 0.0274. The average Bonchev–Trinajstić information content (AvgIpc) is 3.06. The van der Waals surface area contributed by atoms with Crippen LogP contribution in [0.3, 0.4) is 0 Å². The van der Waals surface area contributed by atoms with Gasteiger partial charge >= 0.3 is 0 Å². The highest BCUT2D eigenvalue weighted by Crippen LogP contribution is 2.32. The number of piperidine rings is 3. The number of benzene rings is 1. The van der Waals surface area contributed by atoms with Gasteiger partial charge in [0.1, 0.15) is 0 Å². The summed E-state index contributed by atoms with van der Waals surface area (Å²) in [5, 5.41) is 4.42. The van der Waals surface area contributed by atoms with E-state index in [4.69, 9.17) is 11.6 Å². The predicted molar refractivity (Wildman–Crippen MR) is 97.6 cm³/mol. The first-order valence-corrected chi connectivity index (χ1v) is 9.56. The molecule has 0 saturated carbocycles. The minimum Gasteiger partial charge on any atom is -0.346 e. The van der Waals surface area contributed by atoms with Crippen LogP contribution in [0.1, 0.15) is 29.6 Å². The second kappa shape index (κ2) is 6.47. The van der Waals surface area contributed by atoms with Crippen LogP contribution in [0.15, 0.2) is 30.5 Å². The zero-order valence-corrected chi connectivity index (χ0v) is 15.1. The highest BCUT2D eigenvalue weighted by atomic mass is 35.5. The first kappa shape index (κ1) is 16.1. The van der Waals surface area contributed by atoms with Crippen LogP contribution in [0, 0.1) is 5.92 Å². The third-order valence-electron chi connectivity index (χ3n) is 5.18. The molecule has 0 spiro atoms. The number of fused-ring (bicyclic) bond motifs is 3. The molecule has 4 heterocycles. The molecule has 4 nitrogen and oxygen atoms in total. The lowest BCUT2D eigenvalue weighted by Gasteiger charge is -2.48. The smallest absolute Gasteiger partial charge is 0.280 e. The zero-order valence-electron chi connectivity index (χ0n) is 13.5. The molecule has 3 aliphatic rings. The van der Waals surface area contributed by atoms with Crippen molar-refractivity contribution in [3.63, 3.8) is 0 Å². The molecule has 5 rings (SSSR count). The average molecular weight is 362 g/mol. The van der Waals surface area contributed by atoms with E-state index in [-0.39, 0.29) is 11.9 Å². The molecular weight excluding hydrogens is 342 g/mol. The van der Waals surface area contributed by atoms with E-state index >= 15 is 0 Å². The quantitative estimate of drug-likeness (QED) is 0.907. The van der Waals surface area contributed by atoms with Gasteiger partial charge in [0.05, 0.1) is 4.88 Å². The summed E-state index contributed by atoms with van der Waals surface area (Å²) >= 11 is 7.46. The van der Waals surface area contributed by atoms with Crippen LogP contribution in [0.25, 0.3) is 10.4 Å². The van der Waals surface area contributed by atoms with Gasteiger partial charge in [-0.2, -0.15) is 0 Å². The van der Waals surface area contributed by atoms with Crippen LogP contribution in [0.4, 0.5) is 0 Å².